The summed E-state index contributed by atoms with van der Waals surface area (Å²) < 4.78 is 0.510. The number of aromatic hydroxyl groups is 1. The quantitative estimate of drug-likeness (QED) is 0.484. The van der Waals surface area contributed by atoms with Crippen molar-refractivity contribution >= 4 is 40.3 Å². The second-order valence-electron chi connectivity index (χ2n) is 5.64. The van der Waals surface area contributed by atoms with Crippen molar-refractivity contribution in [1.82, 2.24) is 4.90 Å². The molecule has 1 aliphatic heterocycles. The van der Waals surface area contributed by atoms with Crippen LogP contribution in [0.15, 0.2) is 66.1 Å². The average molecular weight is 367 g/mol. The van der Waals surface area contributed by atoms with E-state index in [0.717, 1.165) is 12.0 Å². The van der Waals surface area contributed by atoms with Crippen LogP contribution in [0.25, 0.3) is 6.08 Å². The Morgan fingerprint density at radius 1 is 1.16 bits per heavy atom. The molecular formula is C20H17NO2S2. The van der Waals surface area contributed by atoms with Gasteiger partial charge in [0, 0.05) is 12.1 Å². The molecule has 3 rings (SSSR count). The maximum Gasteiger partial charge on any atom is 0.266 e. The Labute approximate surface area is 156 Å². The summed E-state index contributed by atoms with van der Waals surface area (Å²) in [7, 11) is 0. The summed E-state index contributed by atoms with van der Waals surface area (Å²) in [5, 5.41) is 10.2. The van der Waals surface area contributed by atoms with Crippen LogP contribution in [0.1, 0.15) is 16.7 Å². The van der Waals surface area contributed by atoms with E-state index in [9.17, 15) is 9.90 Å². The SMILES string of the molecule is C=CCN1C(=O)/C(=C/c2cc(Cc3ccccc3)ccc2O)SC1=S. The van der Waals surface area contributed by atoms with Crippen molar-refractivity contribution in [2.24, 2.45) is 0 Å². The lowest BCUT2D eigenvalue weighted by Gasteiger charge is -2.10. The number of phenols is 1. The Kier molecular flexibility index (Phi) is 5.36. The molecule has 2 aromatic rings. The first-order valence-corrected chi connectivity index (χ1v) is 9.03. The third-order valence-corrected chi connectivity index (χ3v) is 5.19. The largest absolute Gasteiger partial charge is 0.507 e. The van der Waals surface area contributed by atoms with Gasteiger partial charge in [0.05, 0.1) is 4.91 Å². The first kappa shape index (κ1) is 17.5. The van der Waals surface area contributed by atoms with Crippen molar-refractivity contribution in [2.75, 3.05) is 6.54 Å². The van der Waals surface area contributed by atoms with Gasteiger partial charge in [0.2, 0.25) is 0 Å². The lowest BCUT2D eigenvalue weighted by molar-refractivity contribution is -0.121. The minimum Gasteiger partial charge on any atom is -0.507 e. The first-order chi connectivity index (χ1) is 12.1. The zero-order valence-corrected chi connectivity index (χ0v) is 15.1. The third-order valence-electron chi connectivity index (χ3n) is 3.81. The van der Waals surface area contributed by atoms with E-state index in [1.165, 1.54) is 22.2 Å². The Hall–Kier alpha value is -2.37. The molecule has 0 atom stereocenters. The second kappa shape index (κ2) is 7.68. The molecule has 0 bridgehead atoms. The third kappa shape index (κ3) is 4.00. The lowest BCUT2D eigenvalue weighted by atomic mass is 10.0. The smallest absolute Gasteiger partial charge is 0.266 e. The van der Waals surface area contributed by atoms with Crippen molar-refractivity contribution in [3.63, 3.8) is 0 Å². The van der Waals surface area contributed by atoms with E-state index < -0.39 is 0 Å². The monoisotopic (exact) mass is 367 g/mol. The molecule has 2 aromatic carbocycles. The van der Waals surface area contributed by atoms with E-state index in [-0.39, 0.29) is 11.7 Å². The van der Waals surface area contributed by atoms with Gasteiger partial charge in [0.15, 0.2) is 0 Å². The summed E-state index contributed by atoms with van der Waals surface area (Å²) >= 11 is 6.48. The standard InChI is InChI=1S/C20H17NO2S2/c1-2-10-21-19(23)18(25-20(21)24)13-16-12-15(8-9-17(16)22)11-14-6-4-3-5-7-14/h2-9,12-13,22H,1,10-11H2/b18-13-. The van der Waals surface area contributed by atoms with Gasteiger partial charge >= 0.3 is 0 Å². The molecular weight excluding hydrogens is 350 g/mol. The number of thioether (sulfide) groups is 1. The highest BCUT2D eigenvalue weighted by Gasteiger charge is 2.31. The van der Waals surface area contributed by atoms with E-state index in [1.807, 2.05) is 30.3 Å². The predicted molar refractivity (Wildman–Crippen MR) is 107 cm³/mol. The number of rotatable bonds is 5. The maximum atomic E-state index is 12.4. The molecule has 0 aliphatic carbocycles. The molecule has 0 saturated carbocycles. The van der Waals surface area contributed by atoms with Crippen LogP contribution in [0, 0.1) is 0 Å². The fraction of sp³-hybridized carbons (Fsp3) is 0.100. The van der Waals surface area contributed by atoms with E-state index >= 15 is 0 Å². The van der Waals surface area contributed by atoms with Crippen LogP contribution in [0.4, 0.5) is 0 Å². The Morgan fingerprint density at radius 3 is 2.64 bits per heavy atom. The highest BCUT2D eigenvalue weighted by atomic mass is 32.2. The van der Waals surface area contributed by atoms with Gasteiger partial charge in [-0.1, -0.05) is 66.5 Å². The molecule has 0 radical (unpaired) electrons. The molecule has 0 unspecified atom stereocenters. The van der Waals surface area contributed by atoms with Gasteiger partial charge in [-0.2, -0.15) is 0 Å². The minimum absolute atomic E-state index is 0.144. The van der Waals surface area contributed by atoms with Crippen LogP contribution < -0.4 is 0 Å². The molecule has 1 amide bonds. The minimum atomic E-state index is -0.150. The number of phenolic OH excluding ortho intramolecular Hbond substituents is 1. The van der Waals surface area contributed by atoms with E-state index in [2.05, 4.69) is 18.7 Å². The zero-order chi connectivity index (χ0) is 17.8. The summed E-state index contributed by atoms with van der Waals surface area (Å²) in [5.74, 6) is -0.00596. The normalized spacial score (nSPS) is 15.8. The zero-order valence-electron chi connectivity index (χ0n) is 13.5. The van der Waals surface area contributed by atoms with Crippen molar-refractivity contribution < 1.29 is 9.90 Å². The lowest BCUT2D eigenvalue weighted by Crippen LogP contribution is -2.27. The first-order valence-electron chi connectivity index (χ1n) is 7.80. The van der Waals surface area contributed by atoms with Gasteiger partial charge in [0.1, 0.15) is 10.1 Å². The Balaban J connectivity index is 1.87. The molecule has 1 N–H and O–H groups in total. The molecule has 1 heterocycles. The van der Waals surface area contributed by atoms with E-state index in [4.69, 9.17) is 12.2 Å². The molecule has 1 aliphatic rings. The second-order valence-corrected chi connectivity index (χ2v) is 7.31. The van der Waals surface area contributed by atoms with Crippen molar-refractivity contribution in [3.05, 3.63) is 82.8 Å². The van der Waals surface area contributed by atoms with Crippen molar-refractivity contribution in [1.29, 1.82) is 0 Å². The molecule has 1 fully saturated rings. The molecule has 0 aromatic heterocycles. The molecule has 3 nitrogen and oxygen atoms in total. The molecule has 126 valence electrons. The van der Waals surface area contributed by atoms with Crippen LogP contribution in [-0.4, -0.2) is 26.8 Å². The highest BCUT2D eigenvalue weighted by Crippen LogP contribution is 2.34. The van der Waals surface area contributed by atoms with Gasteiger partial charge < -0.3 is 5.11 Å². The summed E-state index contributed by atoms with van der Waals surface area (Å²) in [6, 6.07) is 15.6. The summed E-state index contributed by atoms with van der Waals surface area (Å²) in [6.07, 6.45) is 4.11. The number of nitrogens with zero attached hydrogens (tertiary/aromatic N) is 1. The summed E-state index contributed by atoms with van der Waals surface area (Å²) in [6.45, 7) is 4.04. The van der Waals surface area contributed by atoms with Crippen LogP contribution in [0.2, 0.25) is 0 Å². The Bertz CT molecular complexity index is 859. The van der Waals surface area contributed by atoms with Gasteiger partial charge in [-0.15, -0.1) is 6.58 Å². The number of carbonyl (C=O) groups excluding carboxylic acids is 1. The van der Waals surface area contributed by atoms with Gasteiger partial charge in [0.25, 0.3) is 5.91 Å². The highest BCUT2D eigenvalue weighted by molar-refractivity contribution is 8.26. The number of amides is 1. The molecule has 25 heavy (non-hydrogen) atoms. The molecule has 5 heteroatoms. The van der Waals surface area contributed by atoms with Crippen molar-refractivity contribution in [3.8, 4) is 5.75 Å². The molecule has 1 saturated heterocycles. The number of hydrogen-bond acceptors (Lipinski definition) is 4. The number of carbonyl (C=O) groups is 1. The van der Waals surface area contributed by atoms with Gasteiger partial charge in [-0.05, 0) is 35.8 Å². The van der Waals surface area contributed by atoms with E-state index in [0.29, 0.717) is 21.3 Å². The van der Waals surface area contributed by atoms with Crippen LogP contribution in [-0.2, 0) is 11.2 Å². The predicted octanol–water partition coefficient (Wildman–Crippen LogP) is 4.37. The fourth-order valence-corrected chi connectivity index (χ4v) is 3.85. The average Bonchev–Trinajstić information content (AvgIpc) is 2.87. The maximum absolute atomic E-state index is 12.4. The topological polar surface area (TPSA) is 40.5 Å². The van der Waals surface area contributed by atoms with Crippen LogP contribution >= 0.6 is 24.0 Å². The van der Waals surface area contributed by atoms with Crippen molar-refractivity contribution in [2.45, 2.75) is 6.42 Å². The van der Waals surface area contributed by atoms with Gasteiger partial charge in [-0.25, -0.2) is 0 Å². The number of benzene rings is 2. The fourth-order valence-electron chi connectivity index (χ4n) is 2.59. The number of thiocarbonyl (C=S) groups is 1. The van der Waals surface area contributed by atoms with E-state index in [1.54, 1.807) is 18.2 Å². The molecule has 0 spiro atoms. The number of hydrogen-bond donors (Lipinski definition) is 1. The van der Waals surface area contributed by atoms with Gasteiger partial charge in [-0.3, -0.25) is 9.69 Å². The van der Waals surface area contributed by atoms with Crippen LogP contribution in [0.3, 0.4) is 0 Å². The van der Waals surface area contributed by atoms with Crippen LogP contribution in [0.5, 0.6) is 5.75 Å². The Morgan fingerprint density at radius 2 is 1.92 bits per heavy atom. The summed E-state index contributed by atoms with van der Waals surface area (Å²) in [5.41, 5.74) is 2.88. The summed E-state index contributed by atoms with van der Waals surface area (Å²) in [4.78, 5) is 14.4.